The highest BCUT2D eigenvalue weighted by Crippen LogP contribution is 2.35. The van der Waals surface area contributed by atoms with Gasteiger partial charge in [0.2, 0.25) is 0 Å². The van der Waals surface area contributed by atoms with Crippen molar-refractivity contribution in [3.05, 3.63) is 0 Å². The van der Waals surface area contributed by atoms with E-state index in [9.17, 15) is 5.11 Å². The summed E-state index contributed by atoms with van der Waals surface area (Å²) in [6.45, 7) is 5.77. The van der Waals surface area contributed by atoms with Crippen LogP contribution in [-0.4, -0.2) is 35.7 Å². The van der Waals surface area contributed by atoms with Crippen molar-refractivity contribution in [1.82, 2.24) is 4.90 Å². The van der Waals surface area contributed by atoms with Crippen LogP contribution in [0.2, 0.25) is 0 Å². The van der Waals surface area contributed by atoms with E-state index >= 15 is 0 Å². The lowest BCUT2D eigenvalue weighted by molar-refractivity contribution is 0.0165. The first kappa shape index (κ1) is 14.3. The normalized spacial score (nSPS) is 34.7. The molecule has 0 amide bonds. The minimum absolute atomic E-state index is 0.0520. The molecule has 0 aromatic heterocycles. The predicted octanol–water partition coefficient (Wildman–Crippen LogP) is 3.29. The molecule has 2 aliphatic carbocycles. The third-order valence-corrected chi connectivity index (χ3v) is 5.40. The second kappa shape index (κ2) is 6.38. The van der Waals surface area contributed by atoms with Crippen LogP contribution < -0.4 is 0 Å². The number of rotatable bonds is 4. The smallest absolute Gasteiger partial charge is 0.0580 e. The van der Waals surface area contributed by atoms with Crippen LogP contribution in [0.1, 0.15) is 58.8 Å². The number of hydrogen-bond donors (Lipinski definition) is 1. The topological polar surface area (TPSA) is 23.5 Å². The Morgan fingerprint density at radius 1 is 1.11 bits per heavy atom. The summed E-state index contributed by atoms with van der Waals surface area (Å²) in [5, 5.41) is 10.2. The Hall–Kier alpha value is -0.0800. The first-order valence-corrected chi connectivity index (χ1v) is 7.96. The molecule has 3 unspecified atom stereocenters. The molecule has 0 spiro atoms. The van der Waals surface area contributed by atoms with Gasteiger partial charge in [0.25, 0.3) is 0 Å². The van der Waals surface area contributed by atoms with Crippen molar-refractivity contribution in [3.8, 4) is 0 Å². The van der Waals surface area contributed by atoms with E-state index < -0.39 is 0 Å². The maximum Gasteiger partial charge on any atom is 0.0580 e. The van der Waals surface area contributed by atoms with Crippen molar-refractivity contribution in [3.63, 3.8) is 0 Å². The number of aliphatic hydroxyl groups is 1. The van der Waals surface area contributed by atoms with Crippen LogP contribution in [0.3, 0.4) is 0 Å². The summed E-state index contributed by atoms with van der Waals surface area (Å²) in [5.41, 5.74) is 0. The first-order chi connectivity index (χ1) is 8.58. The van der Waals surface area contributed by atoms with Crippen molar-refractivity contribution in [2.75, 3.05) is 13.6 Å². The van der Waals surface area contributed by atoms with Crippen LogP contribution >= 0.6 is 0 Å². The molecule has 0 bridgehead atoms. The minimum Gasteiger partial charge on any atom is -0.393 e. The Labute approximate surface area is 113 Å². The number of hydrogen-bond acceptors (Lipinski definition) is 2. The third kappa shape index (κ3) is 3.48. The highest BCUT2D eigenvalue weighted by atomic mass is 16.3. The van der Waals surface area contributed by atoms with E-state index in [1.54, 1.807) is 0 Å². The second-order valence-electron chi connectivity index (χ2n) is 7.02. The van der Waals surface area contributed by atoms with Crippen molar-refractivity contribution in [2.24, 2.45) is 17.8 Å². The zero-order valence-corrected chi connectivity index (χ0v) is 12.4. The van der Waals surface area contributed by atoms with Crippen molar-refractivity contribution in [1.29, 1.82) is 0 Å². The number of aliphatic hydroxyl groups excluding tert-OH is 1. The minimum atomic E-state index is -0.0520. The molecule has 3 atom stereocenters. The standard InChI is InChI=1S/C16H31NO/c1-12(2)13-8-9-16(18)14(10-13)11-17(3)15-6-4-5-7-15/h12-16,18H,4-11H2,1-3H3. The maximum absolute atomic E-state index is 10.2. The first-order valence-electron chi connectivity index (χ1n) is 7.96. The summed E-state index contributed by atoms with van der Waals surface area (Å²) < 4.78 is 0. The van der Waals surface area contributed by atoms with E-state index in [1.807, 2.05) is 0 Å². The fourth-order valence-electron chi connectivity index (χ4n) is 3.95. The molecular weight excluding hydrogens is 222 g/mol. The lowest BCUT2D eigenvalue weighted by atomic mass is 9.74. The Morgan fingerprint density at radius 2 is 1.78 bits per heavy atom. The molecule has 0 aliphatic heterocycles. The molecule has 2 saturated carbocycles. The van der Waals surface area contributed by atoms with Gasteiger partial charge in [0.05, 0.1) is 6.10 Å². The Kier molecular flexibility index (Phi) is 5.08. The summed E-state index contributed by atoms with van der Waals surface area (Å²) in [6, 6.07) is 0.789. The molecule has 2 aliphatic rings. The van der Waals surface area contributed by atoms with Gasteiger partial charge in [0.1, 0.15) is 0 Å². The zero-order valence-electron chi connectivity index (χ0n) is 12.4. The summed E-state index contributed by atoms with van der Waals surface area (Å²) in [5.74, 6) is 2.11. The highest BCUT2D eigenvalue weighted by molar-refractivity contribution is 4.85. The van der Waals surface area contributed by atoms with Gasteiger partial charge in [-0.2, -0.15) is 0 Å². The van der Waals surface area contributed by atoms with Crippen LogP contribution in [0.15, 0.2) is 0 Å². The third-order valence-electron chi connectivity index (χ3n) is 5.40. The molecule has 2 fully saturated rings. The van der Waals surface area contributed by atoms with Gasteiger partial charge in [-0.3, -0.25) is 0 Å². The second-order valence-corrected chi connectivity index (χ2v) is 7.02. The van der Waals surface area contributed by atoms with Gasteiger partial charge >= 0.3 is 0 Å². The molecule has 0 radical (unpaired) electrons. The van der Waals surface area contributed by atoms with Crippen molar-refractivity contribution >= 4 is 0 Å². The van der Waals surface area contributed by atoms with Gasteiger partial charge in [-0.25, -0.2) is 0 Å². The number of nitrogens with zero attached hydrogens (tertiary/aromatic N) is 1. The molecule has 0 aromatic carbocycles. The maximum atomic E-state index is 10.2. The van der Waals surface area contributed by atoms with E-state index in [1.165, 1.54) is 38.5 Å². The van der Waals surface area contributed by atoms with E-state index in [0.29, 0.717) is 5.92 Å². The Balaban J connectivity index is 1.85. The van der Waals surface area contributed by atoms with Gasteiger partial charge in [-0.1, -0.05) is 26.7 Å². The molecule has 2 nitrogen and oxygen atoms in total. The summed E-state index contributed by atoms with van der Waals surface area (Å²) in [7, 11) is 2.27. The van der Waals surface area contributed by atoms with E-state index in [2.05, 4.69) is 25.8 Å². The summed E-state index contributed by atoms with van der Waals surface area (Å²) in [6.07, 6.45) is 8.96. The average Bonchev–Trinajstić information content (AvgIpc) is 2.85. The zero-order chi connectivity index (χ0) is 13.1. The van der Waals surface area contributed by atoms with Crippen molar-refractivity contribution in [2.45, 2.75) is 70.9 Å². The molecular formula is C16H31NO. The van der Waals surface area contributed by atoms with E-state index in [0.717, 1.165) is 30.8 Å². The predicted molar refractivity (Wildman–Crippen MR) is 76.6 cm³/mol. The van der Waals surface area contributed by atoms with Gasteiger partial charge < -0.3 is 10.0 Å². The van der Waals surface area contributed by atoms with Crippen LogP contribution in [0.25, 0.3) is 0 Å². The molecule has 18 heavy (non-hydrogen) atoms. The molecule has 1 N–H and O–H groups in total. The molecule has 106 valence electrons. The monoisotopic (exact) mass is 253 g/mol. The van der Waals surface area contributed by atoms with Gasteiger partial charge in [-0.05, 0) is 56.9 Å². The highest BCUT2D eigenvalue weighted by Gasteiger charge is 2.32. The molecule has 0 aromatic rings. The van der Waals surface area contributed by atoms with Gasteiger partial charge in [0.15, 0.2) is 0 Å². The van der Waals surface area contributed by atoms with E-state index in [-0.39, 0.29) is 6.10 Å². The van der Waals surface area contributed by atoms with E-state index in [4.69, 9.17) is 0 Å². The molecule has 2 heteroatoms. The Bertz CT molecular complexity index is 247. The van der Waals surface area contributed by atoms with Gasteiger partial charge in [0, 0.05) is 12.6 Å². The quantitative estimate of drug-likeness (QED) is 0.831. The van der Waals surface area contributed by atoms with Crippen LogP contribution in [0.5, 0.6) is 0 Å². The fraction of sp³-hybridized carbons (Fsp3) is 1.00. The fourth-order valence-corrected chi connectivity index (χ4v) is 3.95. The van der Waals surface area contributed by atoms with Gasteiger partial charge in [-0.15, -0.1) is 0 Å². The SMILES string of the molecule is CC(C)C1CCC(O)C(CN(C)C2CCCC2)C1. The lowest BCUT2D eigenvalue weighted by Crippen LogP contribution is -2.41. The van der Waals surface area contributed by atoms with Crippen LogP contribution in [0.4, 0.5) is 0 Å². The summed E-state index contributed by atoms with van der Waals surface area (Å²) in [4.78, 5) is 2.53. The van der Waals surface area contributed by atoms with Crippen LogP contribution in [-0.2, 0) is 0 Å². The lowest BCUT2D eigenvalue weighted by Gasteiger charge is -2.38. The molecule has 0 heterocycles. The van der Waals surface area contributed by atoms with Crippen molar-refractivity contribution < 1.29 is 5.11 Å². The molecule has 0 saturated heterocycles. The largest absolute Gasteiger partial charge is 0.393 e. The summed E-state index contributed by atoms with van der Waals surface area (Å²) >= 11 is 0. The average molecular weight is 253 g/mol. The Morgan fingerprint density at radius 3 is 2.39 bits per heavy atom. The van der Waals surface area contributed by atoms with Crippen LogP contribution in [0, 0.1) is 17.8 Å². The molecule has 2 rings (SSSR count).